The van der Waals surface area contributed by atoms with E-state index in [1.54, 1.807) is 19.1 Å². The Kier molecular flexibility index (Phi) is 8.25. The van der Waals surface area contributed by atoms with Crippen molar-refractivity contribution >= 4 is 17.6 Å². The maximum Gasteiger partial charge on any atom is 0.242 e. The van der Waals surface area contributed by atoms with Gasteiger partial charge in [-0.2, -0.15) is 0 Å². The summed E-state index contributed by atoms with van der Waals surface area (Å²) in [5.74, 6) is 2.39. The van der Waals surface area contributed by atoms with E-state index in [2.05, 4.69) is 15.1 Å². The number of carbonyl (C=O) groups is 2. The lowest BCUT2D eigenvalue weighted by molar-refractivity contribution is -0.141. The fourth-order valence-corrected chi connectivity index (χ4v) is 4.27. The third-order valence-electron chi connectivity index (χ3n) is 6.67. The highest BCUT2D eigenvalue weighted by Gasteiger charge is 2.35. The molecule has 1 aromatic heterocycles. The average Bonchev–Trinajstić information content (AvgIpc) is 3.76. The average molecular weight is 497 g/mol. The summed E-state index contributed by atoms with van der Waals surface area (Å²) < 4.78 is 10.8. The molecular weight excluding hydrogens is 460 g/mol. The van der Waals surface area contributed by atoms with Crippen LogP contribution < -0.4 is 14.4 Å². The second kappa shape index (κ2) is 11.6. The zero-order valence-corrected chi connectivity index (χ0v) is 21.6. The van der Waals surface area contributed by atoms with Gasteiger partial charge in [-0.3, -0.25) is 9.59 Å². The molecule has 0 N–H and O–H groups in total. The Hall–Kier alpha value is -3.40. The van der Waals surface area contributed by atoms with Gasteiger partial charge in [0.2, 0.25) is 11.8 Å². The SMILES string of the molecule is COc1ccc(-c2ccc(N3CCN(C(=O)CN(CCN(C)C)C(=O)C4CC4)CC3)nn2)c(OC)c1. The van der Waals surface area contributed by atoms with Crippen LogP contribution in [-0.2, 0) is 9.59 Å². The maximum atomic E-state index is 13.0. The largest absolute Gasteiger partial charge is 0.497 e. The highest BCUT2D eigenvalue weighted by molar-refractivity contribution is 5.87. The van der Waals surface area contributed by atoms with Crippen LogP contribution in [0.25, 0.3) is 11.3 Å². The van der Waals surface area contributed by atoms with Gasteiger partial charge in [-0.15, -0.1) is 10.2 Å². The van der Waals surface area contributed by atoms with Gasteiger partial charge >= 0.3 is 0 Å². The van der Waals surface area contributed by atoms with Gasteiger partial charge in [0, 0.05) is 56.8 Å². The van der Waals surface area contributed by atoms with Gasteiger partial charge in [-0.25, -0.2) is 0 Å². The monoisotopic (exact) mass is 496 g/mol. The summed E-state index contributed by atoms with van der Waals surface area (Å²) in [6.45, 7) is 3.99. The second-order valence-corrected chi connectivity index (χ2v) is 9.55. The summed E-state index contributed by atoms with van der Waals surface area (Å²) in [4.78, 5) is 33.4. The molecule has 4 rings (SSSR count). The summed E-state index contributed by atoms with van der Waals surface area (Å²) in [6.07, 6.45) is 1.88. The minimum absolute atomic E-state index is 0.00967. The summed E-state index contributed by atoms with van der Waals surface area (Å²) in [5.41, 5.74) is 1.55. The maximum absolute atomic E-state index is 13.0. The Bertz CT molecular complexity index is 1050. The minimum atomic E-state index is 0.00967. The molecule has 194 valence electrons. The summed E-state index contributed by atoms with van der Waals surface area (Å²) in [5, 5.41) is 8.85. The van der Waals surface area contributed by atoms with Gasteiger partial charge in [0.1, 0.15) is 11.5 Å². The van der Waals surface area contributed by atoms with Crippen molar-refractivity contribution in [1.29, 1.82) is 0 Å². The van der Waals surface area contributed by atoms with Crippen LogP contribution in [0.2, 0.25) is 0 Å². The molecular formula is C26H36N6O4. The highest BCUT2D eigenvalue weighted by atomic mass is 16.5. The molecule has 0 spiro atoms. The molecule has 2 amide bonds. The summed E-state index contributed by atoms with van der Waals surface area (Å²) in [7, 11) is 7.18. The van der Waals surface area contributed by atoms with Gasteiger partial charge < -0.3 is 29.1 Å². The van der Waals surface area contributed by atoms with Crippen LogP contribution in [0.1, 0.15) is 12.8 Å². The van der Waals surface area contributed by atoms with E-state index in [9.17, 15) is 9.59 Å². The number of rotatable bonds is 10. The predicted molar refractivity (Wildman–Crippen MR) is 137 cm³/mol. The number of hydrogen-bond acceptors (Lipinski definition) is 8. The van der Waals surface area contributed by atoms with Gasteiger partial charge in [0.05, 0.1) is 26.5 Å². The predicted octanol–water partition coefficient (Wildman–Crippen LogP) is 1.61. The fraction of sp³-hybridized carbons (Fsp3) is 0.538. The van der Waals surface area contributed by atoms with E-state index in [0.717, 1.165) is 30.8 Å². The first-order chi connectivity index (χ1) is 17.4. The number of carbonyl (C=O) groups excluding carboxylic acids is 2. The first kappa shape index (κ1) is 25.7. The van der Waals surface area contributed by atoms with Crippen molar-refractivity contribution in [3.63, 3.8) is 0 Å². The van der Waals surface area contributed by atoms with Crippen LogP contribution in [0.3, 0.4) is 0 Å². The zero-order valence-electron chi connectivity index (χ0n) is 21.6. The number of aromatic nitrogens is 2. The van der Waals surface area contributed by atoms with Crippen LogP contribution in [-0.4, -0.2) is 111 Å². The molecule has 0 radical (unpaired) electrons. The fourth-order valence-electron chi connectivity index (χ4n) is 4.27. The number of ether oxygens (including phenoxy) is 2. The molecule has 1 saturated carbocycles. The van der Waals surface area contributed by atoms with Crippen molar-refractivity contribution in [2.24, 2.45) is 5.92 Å². The van der Waals surface area contributed by atoms with Crippen molar-refractivity contribution in [3.8, 4) is 22.8 Å². The lowest BCUT2D eigenvalue weighted by Gasteiger charge is -2.36. The molecule has 10 heteroatoms. The lowest BCUT2D eigenvalue weighted by atomic mass is 10.1. The molecule has 36 heavy (non-hydrogen) atoms. The number of amides is 2. The van der Waals surface area contributed by atoms with Crippen molar-refractivity contribution in [1.82, 2.24) is 24.9 Å². The Labute approximate surface area is 212 Å². The first-order valence-corrected chi connectivity index (χ1v) is 12.4. The molecule has 1 aliphatic heterocycles. The van der Waals surface area contributed by atoms with Crippen molar-refractivity contribution in [2.45, 2.75) is 12.8 Å². The van der Waals surface area contributed by atoms with Crippen molar-refractivity contribution in [2.75, 3.05) is 79.0 Å². The highest BCUT2D eigenvalue weighted by Crippen LogP contribution is 2.33. The second-order valence-electron chi connectivity index (χ2n) is 9.55. The van der Waals surface area contributed by atoms with Gasteiger partial charge in [0.25, 0.3) is 0 Å². The van der Waals surface area contributed by atoms with Crippen LogP contribution >= 0.6 is 0 Å². The van der Waals surface area contributed by atoms with Crippen molar-refractivity contribution < 1.29 is 19.1 Å². The lowest BCUT2D eigenvalue weighted by Crippen LogP contribution is -2.52. The molecule has 1 aromatic carbocycles. The van der Waals surface area contributed by atoms with E-state index in [-0.39, 0.29) is 24.3 Å². The number of methoxy groups -OCH3 is 2. The molecule has 2 aliphatic rings. The number of anilines is 1. The summed E-state index contributed by atoms with van der Waals surface area (Å²) >= 11 is 0. The molecule has 1 saturated heterocycles. The van der Waals surface area contributed by atoms with E-state index in [1.807, 2.05) is 54.2 Å². The number of nitrogens with zero attached hydrogens (tertiary/aromatic N) is 6. The van der Waals surface area contributed by atoms with E-state index in [0.29, 0.717) is 49.9 Å². The van der Waals surface area contributed by atoms with Crippen molar-refractivity contribution in [3.05, 3.63) is 30.3 Å². The molecule has 0 bridgehead atoms. The third-order valence-corrected chi connectivity index (χ3v) is 6.67. The normalized spacial score (nSPS) is 15.7. The molecule has 0 unspecified atom stereocenters. The standard InChI is InChI=1S/C26H36N6O4/c1-29(2)11-12-32(26(34)19-5-6-19)18-25(33)31-15-13-30(14-16-31)24-10-9-22(27-28-24)21-8-7-20(35-3)17-23(21)36-4/h7-10,17,19H,5-6,11-16,18H2,1-4H3. The van der Waals surface area contributed by atoms with Gasteiger partial charge in [-0.05, 0) is 51.2 Å². The van der Waals surface area contributed by atoms with E-state index >= 15 is 0 Å². The van der Waals surface area contributed by atoms with Crippen LogP contribution in [0.4, 0.5) is 5.82 Å². The molecule has 1 aliphatic carbocycles. The molecule has 2 heterocycles. The van der Waals surface area contributed by atoms with E-state index < -0.39 is 0 Å². The Morgan fingerprint density at radius 2 is 1.72 bits per heavy atom. The number of piperazine rings is 1. The van der Waals surface area contributed by atoms with Crippen LogP contribution in [0.5, 0.6) is 11.5 Å². The minimum Gasteiger partial charge on any atom is -0.497 e. The van der Waals surface area contributed by atoms with E-state index in [1.165, 1.54) is 0 Å². The molecule has 10 nitrogen and oxygen atoms in total. The van der Waals surface area contributed by atoms with Crippen LogP contribution in [0, 0.1) is 5.92 Å². The molecule has 2 aromatic rings. The summed E-state index contributed by atoms with van der Waals surface area (Å²) in [6, 6.07) is 9.46. The van der Waals surface area contributed by atoms with Gasteiger partial charge in [0.15, 0.2) is 5.82 Å². The quantitative estimate of drug-likeness (QED) is 0.490. The third kappa shape index (κ3) is 6.23. The topological polar surface area (TPSA) is 91.3 Å². The van der Waals surface area contributed by atoms with Gasteiger partial charge in [-0.1, -0.05) is 0 Å². The smallest absolute Gasteiger partial charge is 0.242 e. The molecule has 0 atom stereocenters. The Balaban J connectivity index is 1.33. The Morgan fingerprint density at radius 3 is 2.31 bits per heavy atom. The van der Waals surface area contributed by atoms with Crippen LogP contribution in [0.15, 0.2) is 30.3 Å². The number of likely N-dealkylation sites (N-methyl/N-ethyl adjacent to an activating group) is 1. The number of benzene rings is 1. The molecule has 2 fully saturated rings. The first-order valence-electron chi connectivity index (χ1n) is 12.4. The zero-order chi connectivity index (χ0) is 25.7. The van der Waals surface area contributed by atoms with E-state index in [4.69, 9.17) is 9.47 Å². The Morgan fingerprint density at radius 1 is 0.972 bits per heavy atom. The number of hydrogen-bond donors (Lipinski definition) is 0.